The van der Waals surface area contributed by atoms with E-state index >= 15 is 0 Å². The lowest BCUT2D eigenvalue weighted by Crippen LogP contribution is -1.95. The molecular formula is C68H46N4. The summed E-state index contributed by atoms with van der Waals surface area (Å²) in [6.45, 7) is 0. The molecule has 338 valence electrons. The number of hydrogen-bond acceptors (Lipinski definition) is 4. The highest BCUT2D eigenvalue weighted by atomic mass is 14.7. The molecule has 12 rings (SSSR count). The van der Waals surface area contributed by atoms with Crippen molar-refractivity contribution in [3.8, 4) is 123 Å². The van der Waals surface area contributed by atoms with Gasteiger partial charge in [0.05, 0.1) is 22.8 Å². The van der Waals surface area contributed by atoms with Crippen molar-refractivity contribution >= 4 is 0 Å². The van der Waals surface area contributed by atoms with Gasteiger partial charge in [0.25, 0.3) is 0 Å². The molecule has 72 heavy (non-hydrogen) atoms. The third kappa shape index (κ3) is 8.81. The van der Waals surface area contributed by atoms with E-state index in [1.807, 2.05) is 67.3 Å². The molecule has 0 fully saturated rings. The quantitative estimate of drug-likeness (QED) is 0.130. The first-order valence-electron chi connectivity index (χ1n) is 24.3. The lowest BCUT2D eigenvalue weighted by atomic mass is 9.84. The summed E-state index contributed by atoms with van der Waals surface area (Å²) in [6, 6.07) is 90.5. The number of rotatable bonds is 11. The second kappa shape index (κ2) is 19.8. The van der Waals surface area contributed by atoms with Gasteiger partial charge in [-0.2, -0.15) is 0 Å². The highest BCUT2D eigenvalue weighted by Crippen LogP contribution is 2.46. The summed E-state index contributed by atoms with van der Waals surface area (Å²) in [5.74, 6) is 0. The Bertz CT molecular complexity index is 3630. The molecule has 0 saturated carbocycles. The minimum Gasteiger partial charge on any atom is -0.256 e. The first kappa shape index (κ1) is 43.6. The second-order valence-electron chi connectivity index (χ2n) is 17.8. The molecule has 0 aliphatic heterocycles. The zero-order chi connectivity index (χ0) is 48.1. The lowest BCUT2D eigenvalue weighted by Gasteiger charge is -2.20. The third-order valence-electron chi connectivity index (χ3n) is 13.4. The maximum Gasteiger partial charge on any atom is 0.0717 e. The van der Waals surface area contributed by atoms with E-state index in [4.69, 9.17) is 15.0 Å². The van der Waals surface area contributed by atoms with E-state index < -0.39 is 0 Å². The van der Waals surface area contributed by atoms with Crippen LogP contribution >= 0.6 is 0 Å². The minimum atomic E-state index is 0.888. The summed E-state index contributed by atoms with van der Waals surface area (Å²) in [7, 11) is 0. The average Bonchev–Trinajstić information content (AvgIpc) is 3.48. The molecular weight excluding hydrogens is 873 g/mol. The van der Waals surface area contributed by atoms with Crippen LogP contribution in [0.1, 0.15) is 0 Å². The van der Waals surface area contributed by atoms with Gasteiger partial charge in [-0.25, -0.2) is 0 Å². The maximum atomic E-state index is 5.07. The molecule has 0 spiro atoms. The van der Waals surface area contributed by atoms with E-state index in [1.165, 1.54) is 0 Å². The number of hydrogen-bond donors (Lipinski definition) is 0. The van der Waals surface area contributed by atoms with Crippen LogP contribution in [0, 0.1) is 0 Å². The Kier molecular flexibility index (Phi) is 12.0. The molecule has 0 bridgehead atoms. The summed E-state index contributed by atoms with van der Waals surface area (Å²) in [5.41, 5.74) is 23.5. The minimum absolute atomic E-state index is 0.888. The normalized spacial score (nSPS) is 11.1. The van der Waals surface area contributed by atoms with Crippen LogP contribution in [0.2, 0.25) is 0 Å². The van der Waals surface area contributed by atoms with E-state index in [0.29, 0.717) is 0 Å². The Balaban J connectivity index is 1.07. The highest BCUT2D eigenvalue weighted by molar-refractivity contribution is 5.99. The predicted octanol–water partition coefficient (Wildman–Crippen LogP) is 17.6. The summed E-state index contributed by atoms with van der Waals surface area (Å²) in [4.78, 5) is 19.1. The zero-order valence-corrected chi connectivity index (χ0v) is 39.3. The lowest BCUT2D eigenvalue weighted by molar-refractivity contribution is 1.28. The molecule has 0 atom stereocenters. The van der Waals surface area contributed by atoms with Crippen molar-refractivity contribution in [2.24, 2.45) is 0 Å². The smallest absolute Gasteiger partial charge is 0.0717 e. The van der Waals surface area contributed by atoms with Crippen LogP contribution < -0.4 is 0 Å². The number of aromatic nitrogens is 4. The van der Waals surface area contributed by atoms with Gasteiger partial charge < -0.3 is 0 Å². The molecule has 0 aliphatic carbocycles. The monoisotopic (exact) mass is 918 g/mol. The van der Waals surface area contributed by atoms with Crippen LogP contribution in [-0.4, -0.2) is 19.9 Å². The van der Waals surface area contributed by atoms with Crippen molar-refractivity contribution in [3.05, 3.63) is 280 Å². The molecule has 0 unspecified atom stereocenters. The Morgan fingerprint density at radius 3 is 0.917 bits per heavy atom. The summed E-state index contributed by atoms with van der Waals surface area (Å²) in [5, 5.41) is 0. The zero-order valence-electron chi connectivity index (χ0n) is 39.3. The van der Waals surface area contributed by atoms with Crippen LogP contribution in [0.4, 0.5) is 0 Å². The van der Waals surface area contributed by atoms with Gasteiger partial charge in [-0.1, -0.05) is 176 Å². The molecule has 8 aromatic carbocycles. The highest BCUT2D eigenvalue weighted by Gasteiger charge is 2.20. The largest absolute Gasteiger partial charge is 0.256 e. The summed E-state index contributed by atoms with van der Waals surface area (Å²) in [6.07, 6.45) is 7.46. The van der Waals surface area contributed by atoms with Gasteiger partial charge >= 0.3 is 0 Å². The van der Waals surface area contributed by atoms with Crippen LogP contribution in [0.5, 0.6) is 0 Å². The fraction of sp³-hybridized carbons (Fsp3) is 0. The molecule has 4 aromatic heterocycles. The first-order chi connectivity index (χ1) is 35.7. The average molecular weight is 919 g/mol. The fourth-order valence-electron chi connectivity index (χ4n) is 9.89. The fourth-order valence-corrected chi connectivity index (χ4v) is 9.89. The van der Waals surface area contributed by atoms with Crippen LogP contribution in [0.25, 0.3) is 123 Å². The van der Waals surface area contributed by atoms with Crippen molar-refractivity contribution in [1.29, 1.82) is 0 Å². The van der Waals surface area contributed by atoms with Gasteiger partial charge in [-0.15, -0.1) is 0 Å². The molecule has 4 heterocycles. The molecule has 0 amide bonds. The Hall–Kier alpha value is -9.64. The SMILES string of the molecule is c1ccc(-c2cc(-c3ccccn3)ccc2-c2ccccc2-c2cc(-c3ccccc3-c3ccc(-c4ccccn4)cn3)cc(-c3ccccc3-c3ccc(-c4ccccn4)cc3-c3ccccc3)c2)cc1. The number of benzene rings is 8. The van der Waals surface area contributed by atoms with Crippen molar-refractivity contribution in [3.63, 3.8) is 0 Å². The van der Waals surface area contributed by atoms with Gasteiger partial charge in [0.2, 0.25) is 0 Å². The standard InChI is InChI=1S/C68H46N4/c1-3-19-47(20-4-1)63-44-49(65-29-13-16-38-69-65)32-35-60(63)58-26-10-7-23-55(58)52-41-53(43-54(42-52)57-25-9-12-28-62(57)68-37-34-51(46-72-68)67-31-15-18-40-71-67)56-24-8-11-27-59(56)61-36-33-50(66-30-14-17-39-70-66)45-64(61)48-21-5-2-6-22-48/h1-46H. The van der Waals surface area contributed by atoms with Crippen LogP contribution in [-0.2, 0) is 0 Å². The molecule has 12 aromatic rings. The van der Waals surface area contributed by atoms with E-state index in [9.17, 15) is 0 Å². The summed E-state index contributed by atoms with van der Waals surface area (Å²) < 4.78 is 0. The Morgan fingerprint density at radius 1 is 0.167 bits per heavy atom. The van der Waals surface area contributed by atoms with Crippen LogP contribution in [0.15, 0.2) is 280 Å². The Morgan fingerprint density at radius 2 is 0.514 bits per heavy atom. The molecule has 0 saturated heterocycles. The molecule has 0 aliphatic rings. The number of pyridine rings is 4. The van der Waals surface area contributed by atoms with Gasteiger partial charge in [0.15, 0.2) is 0 Å². The van der Waals surface area contributed by atoms with Gasteiger partial charge in [0.1, 0.15) is 0 Å². The molecule has 4 heteroatoms. The Labute approximate surface area is 420 Å². The molecule has 4 nitrogen and oxygen atoms in total. The van der Waals surface area contributed by atoms with E-state index in [2.05, 4.69) is 217 Å². The van der Waals surface area contributed by atoms with Gasteiger partial charge in [0, 0.05) is 47.0 Å². The topological polar surface area (TPSA) is 51.6 Å². The summed E-state index contributed by atoms with van der Waals surface area (Å²) >= 11 is 0. The first-order valence-corrected chi connectivity index (χ1v) is 24.3. The third-order valence-corrected chi connectivity index (χ3v) is 13.4. The van der Waals surface area contributed by atoms with E-state index in [0.717, 1.165) is 123 Å². The van der Waals surface area contributed by atoms with E-state index in [-0.39, 0.29) is 0 Å². The van der Waals surface area contributed by atoms with Crippen molar-refractivity contribution < 1.29 is 0 Å². The van der Waals surface area contributed by atoms with E-state index in [1.54, 1.807) is 0 Å². The van der Waals surface area contributed by atoms with Gasteiger partial charge in [-0.3, -0.25) is 19.9 Å². The van der Waals surface area contributed by atoms with Crippen molar-refractivity contribution in [2.75, 3.05) is 0 Å². The molecule has 0 N–H and O–H groups in total. The number of nitrogens with zero attached hydrogens (tertiary/aromatic N) is 4. The molecule has 0 radical (unpaired) electrons. The predicted molar refractivity (Wildman–Crippen MR) is 297 cm³/mol. The van der Waals surface area contributed by atoms with Gasteiger partial charge in [-0.05, 0) is 157 Å². The maximum absolute atomic E-state index is 5.07. The van der Waals surface area contributed by atoms with Crippen molar-refractivity contribution in [2.45, 2.75) is 0 Å². The van der Waals surface area contributed by atoms with Crippen LogP contribution in [0.3, 0.4) is 0 Å². The second-order valence-corrected chi connectivity index (χ2v) is 17.8. The van der Waals surface area contributed by atoms with Crippen molar-refractivity contribution in [1.82, 2.24) is 19.9 Å².